The van der Waals surface area contributed by atoms with Gasteiger partial charge in [-0.3, -0.25) is 4.79 Å². The summed E-state index contributed by atoms with van der Waals surface area (Å²) in [6, 6.07) is 11.7. The van der Waals surface area contributed by atoms with Gasteiger partial charge in [0, 0.05) is 11.6 Å². The number of hydrogen-bond acceptors (Lipinski definition) is 4. The number of carbonyl (C=O) groups is 1. The highest BCUT2D eigenvalue weighted by Crippen LogP contribution is 2.47. The molecule has 1 aromatic heterocycles. The minimum atomic E-state index is -0.204. The molecule has 0 bridgehead atoms. The van der Waals surface area contributed by atoms with Crippen LogP contribution < -0.4 is 10.7 Å². The van der Waals surface area contributed by atoms with Crippen LogP contribution in [0, 0.1) is 12.8 Å². The predicted molar refractivity (Wildman–Crippen MR) is 90.6 cm³/mol. The molecule has 0 aliphatic heterocycles. The summed E-state index contributed by atoms with van der Waals surface area (Å²) in [5, 5.41) is 6.96. The van der Waals surface area contributed by atoms with Gasteiger partial charge in [0.25, 0.3) is 5.91 Å². The Morgan fingerprint density at radius 2 is 2.04 bits per heavy atom. The molecule has 0 unspecified atom stereocenters. The molecule has 3 rings (SSSR count). The SMILES string of the molecule is Cc1ccc(NCC(=O)N/N=C\c2ccc([C@@H]3C[C@H]3C)o2)cc1. The maximum absolute atomic E-state index is 11.7. The van der Waals surface area contributed by atoms with Crippen molar-refractivity contribution in [1.82, 2.24) is 5.43 Å². The first kappa shape index (κ1) is 15.3. The van der Waals surface area contributed by atoms with Crippen LogP contribution in [-0.4, -0.2) is 18.7 Å². The minimum absolute atomic E-state index is 0.170. The quantitative estimate of drug-likeness (QED) is 0.635. The number of rotatable bonds is 6. The normalized spacial score (nSPS) is 19.7. The van der Waals surface area contributed by atoms with Gasteiger partial charge in [-0.2, -0.15) is 5.10 Å². The molecular formula is C18H21N3O2. The van der Waals surface area contributed by atoms with Gasteiger partial charge in [-0.25, -0.2) is 5.43 Å². The number of hydrazone groups is 1. The molecule has 1 amide bonds. The van der Waals surface area contributed by atoms with Crippen molar-refractivity contribution in [2.45, 2.75) is 26.2 Å². The number of carbonyl (C=O) groups excluding carboxylic acids is 1. The summed E-state index contributed by atoms with van der Waals surface area (Å²) in [6.07, 6.45) is 2.71. The minimum Gasteiger partial charge on any atom is -0.460 e. The molecule has 2 atom stereocenters. The van der Waals surface area contributed by atoms with Crippen LogP contribution in [0.25, 0.3) is 0 Å². The Hall–Kier alpha value is -2.56. The smallest absolute Gasteiger partial charge is 0.259 e. The zero-order valence-corrected chi connectivity index (χ0v) is 13.4. The van der Waals surface area contributed by atoms with E-state index in [9.17, 15) is 4.79 Å². The van der Waals surface area contributed by atoms with Crippen LogP contribution in [0.4, 0.5) is 5.69 Å². The highest BCUT2D eigenvalue weighted by atomic mass is 16.3. The third-order valence-corrected chi connectivity index (χ3v) is 4.01. The van der Waals surface area contributed by atoms with E-state index < -0.39 is 0 Å². The predicted octanol–water partition coefficient (Wildman–Crippen LogP) is 3.27. The van der Waals surface area contributed by atoms with E-state index in [1.165, 1.54) is 18.2 Å². The molecule has 120 valence electrons. The zero-order valence-electron chi connectivity index (χ0n) is 13.4. The lowest BCUT2D eigenvalue weighted by molar-refractivity contribution is -0.119. The monoisotopic (exact) mass is 311 g/mol. The molecule has 1 fully saturated rings. The summed E-state index contributed by atoms with van der Waals surface area (Å²) >= 11 is 0. The van der Waals surface area contributed by atoms with Crippen molar-refractivity contribution >= 4 is 17.8 Å². The molecule has 5 heteroatoms. The molecule has 1 aromatic carbocycles. The number of amides is 1. The second-order valence-corrected chi connectivity index (χ2v) is 6.07. The van der Waals surface area contributed by atoms with E-state index in [1.807, 2.05) is 43.3 Å². The average Bonchev–Trinajstić information content (AvgIpc) is 3.08. The highest BCUT2D eigenvalue weighted by Gasteiger charge is 2.36. The Kier molecular flexibility index (Phi) is 4.46. The first-order chi connectivity index (χ1) is 11.1. The van der Waals surface area contributed by atoms with Gasteiger partial charge < -0.3 is 9.73 Å². The van der Waals surface area contributed by atoms with E-state index in [-0.39, 0.29) is 12.5 Å². The largest absolute Gasteiger partial charge is 0.460 e. The fourth-order valence-corrected chi connectivity index (χ4v) is 2.42. The van der Waals surface area contributed by atoms with E-state index in [0.717, 1.165) is 11.4 Å². The lowest BCUT2D eigenvalue weighted by Gasteiger charge is -2.05. The second kappa shape index (κ2) is 6.69. The van der Waals surface area contributed by atoms with Crippen molar-refractivity contribution in [1.29, 1.82) is 0 Å². The molecule has 2 N–H and O–H groups in total. The van der Waals surface area contributed by atoms with Gasteiger partial charge in [-0.05, 0) is 43.5 Å². The van der Waals surface area contributed by atoms with E-state index in [4.69, 9.17) is 4.42 Å². The third kappa shape index (κ3) is 4.22. The molecule has 0 saturated heterocycles. The van der Waals surface area contributed by atoms with Crippen LogP contribution in [0.5, 0.6) is 0 Å². The average molecular weight is 311 g/mol. The van der Waals surface area contributed by atoms with Crippen LogP contribution >= 0.6 is 0 Å². The molecule has 1 saturated carbocycles. The van der Waals surface area contributed by atoms with E-state index in [2.05, 4.69) is 22.8 Å². The van der Waals surface area contributed by atoms with Crippen LogP contribution in [0.15, 0.2) is 45.9 Å². The molecule has 1 aliphatic rings. The van der Waals surface area contributed by atoms with Gasteiger partial charge in [0.15, 0.2) is 0 Å². The van der Waals surface area contributed by atoms with Gasteiger partial charge in [-0.15, -0.1) is 0 Å². The summed E-state index contributed by atoms with van der Waals surface area (Å²) in [6.45, 7) is 4.40. The van der Waals surface area contributed by atoms with Gasteiger partial charge in [0.2, 0.25) is 0 Å². The molecule has 0 spiro atoms. The Balaban J connectivity index is 1.43. The molecule has 2 aromatic rings. The molecule has 23 heavy (non-hydrogen) atoms. The number of nitrogens with one attached hydrogen (secondary N) is 2. The summed E-state index contributed by atoms with van der Waals surface area (Å²) in [4.78, 5) is 11.7. The van der Waals surface area contributed by atoms with Crippen LogP contribution in [0.2, 0.25) is 0 Å². The summed E-state index contributed by atoms with van der Waals surface area (Å²) < 4.78 is 5.68. The maximum atomic E-state index is 11.7. The fraction of sp³-hybridized carbons (Fsp3) is 0.333. The number of nitrogens with zero attached hydrogens (tertiary/aromatic N) is 1. The van der Waals surface area contributed by atoms with Crippen molar-refractivity contribution in [3.05, 3.63) is 53.5 Å². The number of benzene rings is 1. The van der Waals surface area contributed by atoms with Crippen molar-refractivity contribution in [3.63, 3.8) is 0 Å². The summed E-state index contributed by atoms with van der Waals surface area (Å²) in [7, 11) is 0. The van der Waals surface area contributed by atoms with Crippen molar-refractivity contribution < 1.29 is 9.21 Å². The highest BCUT2D eigenvalue weighted by molar-refractivity contribution is 5.83. The molecule has 1 heterocycles. The fourth-order valence-electron chi connectivity index (χ4n) is 2.42. The molecule has 0 radical (unpaired) electrons. The van der Waals surface area contributed by atoms with Gasteiger partial charge in [0.1, 0.15) is 11.5 Å². The summed E-state index contributed by atoms with van der Waals surface area (Å²) in [5.41, 5.74) is 4.57. The zero-order chi connectivity index (χ0) is 16.2. The van der Waals surface area contributed by atoms with Crippen LogP contribution in [-0.2, 0) is 4.79 Å². The number of furan rings is 1. The maximum Gasteiger partial charge on any atom is 0.259 e. The number of anilines is 1. The van der Waals surface area contributed by atoms with E-state index in [0.29, 0.717) is 17.6 Å². The van der Waals surface area contributed by atoms with Gasteiger partial charge in [-0.1, -0.05) is 24.6 Å². The first-order valence-corrected chi connectivity index (χ1v) is 7.84. The summed E-state index contributed by atoms with van der Waals surface area (Å²) in [5.74, 6) is 2.71. The lowest BCUT2D eigenvalue weighted by atomic mass is 10.2. The van der Waals surface area contributed by atoms with E-state index >= 15 is 0 Å². The van der Waals surface area contributed by atoms with E-state index in [1.54, 1.807) is 0 Å². The third-order valence-electron chi connectivity index (χ3n) is 4.01. The van der Waals surface area contributed by atoms with Gasteiger partial charge >= 0.3 is 0 Å². The number of hydrogen-bond donors (Lipinski definition) is 2. The van der Waals surface area contributed by atoms with Crippen LogP contribution in [0.3, 0.4) is 0 Å². The number of aryl methyl sites for hydroxylation is 1. The van der Waals surface area contributed by atoms with Crippen molar-refractivity contribution in [2.75, 3.05) is 11.9 Å². The standard InChI is InChI=1S/C18H21N3O2/c1-12-3-5-14(6-4-12)19-11-18(22)21-20-10-15-7-8-17(23-15)16-9-13(16)2/h3-8,10,13,16,19H,9,11H2,1-2H3,(H,21,22)/b20-10-/t13-,16-/m1/s1. The molecular weight excluding hydrogens is 290 g/mol. The van der Waals surface area contributed by atoms with Gasteiger partial charge in [0.05, 0.1) is 12.8 Å². The van der Waals surface area contributed by atoms with Crippen LogP contribution in [0.1, 0.15) is 36.3 Å². The first-order valence-electron chi connectivity index (χ1n) is 7.84. The molecule has 1 aliphatic carbocycles. The molecule has 5 nitrogen and oxygen atoms in total. The Labute approximate surface area is 135 Å². The topological polar surface area (TPSA) is 66.6 Å². The Morgan fingerprint density at radius 3 is 2.74 bits per heavy atom. The lowest BCUT2D eigenvalue weighted by Crippen LogP contribution is -2.25. The van der Waals surface area contributed by atoms with Crippen molar-refractivity contribution in [3.8, 4) is 0 Å². The Bertz CT molecular complexity index is 703. The Morgan fingerprint density at radius 1 is 1.30 bits per heavy atom. The second-order valence-electron chi connectivity index (χ2n) is 6.07. The van der Waals surface area contributed by atoms with Crippen molar-refractivity contribution in [2.24, 2.45) is 11.0 Å².